The standard InChI is InChI=1S/C22H20N2O2/c25-21(24-13-10-16-6-4-5-9-18(16)15-24)22(11-12-22)20-14-19(26-23-20)17-7-2-1-3-8-17/h1-9,14H,10-13,15H2. The van der Waals surface area contributed by atoms with Crippen molar-refractivity contribution in [2.24, 2.45) is 0 Å². The van der Waals surface area contributed by atoms with E-state index in [9.17, 15) is 4.79 Å². The molecule has 2 aliphatic rings. The van der Waals surface area contributed by atoms with Crippen LogP contribution in [-0.4, -0.2) is 22.5 Å². The fraction of sp³-hybridized carbons (Fsp3) is 0.273. The number of hydrogen-bond acceptors (Lipinski definition) is 3. The zero-order valence-electron chi connectivity index (χ0n) is 14.5. The number of rotatable bonds is 3. The first-order chi connectivity index (χ1) is 12.8. The molecule has 0 atom stereocenters. The largest absolute Gasteiger partial charge is 0.356 e. The van der Waals surface area contributed by atoms with Gasteiger partial charge in [-0.15, -0.1) is 0 Å². The van der Waals surface area contributed by atoms with Gasteiger partial charge < -0.3 is 9.42 Å². The van der Waals surface area contributed by atoms with E-state index in [-0.39, 0.29) is 5.91 Å². The van der Waals surface area contributed by atoms with Gasteiger partial charge in [-0.2, -0.15) is 0 Å². The van der Waals surface area contributed by atoms with Crippen molar-refractivity contribution in [3.8, 4) is 11.3 Å². The summed E-state index contributed by atoms with van der Waals surface area (Å²) in [5, 5.41) is 4.26. The second-order valence-corrected chi connectivity index (χ2v) is 7.27. The highest BCUT2D eigenvalue weighted by Gasteiger charge is 2.55. The monoisotopic (exact) mass is 344 g/mol. The number of benzene rings is 2. The van der Waals surface area contributed by atoms with Crippen LogP contribution in [0.4, 0.5) is 0 Å². The Morgan fingerprint density at radius 3 is 2.50 bits per heavy atom. The molecule has 1 saturated carbocycles. The third kappa shape index (κ3) is 2.45. The Kier molecular flexibility index (Phi) is 3.45. The first-order valence-electron chi connectivity index (χ1n) is 9.15. The Hall–Kier alpha value is -2.88. The molecular formula is C22H20N2O2. The quantitative estimate of drug-likeness (QED) is 0.722. The number of fused-ring (bicyclic) bond motifs is 1. The predicted molar refractivity (Wildman–Crippen MR) is 98.4 cm³/mol. The van der Waals surface area contributed by atoms with Gasteiger partial charge in [0.2, 0.25) is 5.91 Å². The van der Waals surface area contributed by atoms with Crippen LogP contribution in [0.2, 0.25) is 0 Å². The average molecular weight is 344 g/mol. The molecule has 1 aromatic heterocycles. The van der Waals surface area contributed by atoms with Crippen LogP contribution in [0.3, 0.4) is 0 Å². The van der Waals surface area contributed by atoms with Crippen molar-refractivity contribution in [1.82, 2.24) is 10.1 Å². The maximum atomic E-state index is 13.3. The second kappa shape index (κ2) is 5.84. The zero-order valence-corrected chi connectivity index (χ0v) is 14.5. The Labute approximate surface area is 152 Å². The molecule has 130 valence electrons. The summed E-state index contributed by atoms with van der Waals surface area (Å²) >= 11 is 0. The normalized spacial score (nSPS) is 17.6. The molecule has 0 radical (unpaired) electrons. The molecule has 1 aliphatic heterocycles. The summed E-state index contributed by atoms with van der Waals surface area (Å²) in [6, 6.07) is 20.2. The predicted octanol–water partition coefficient (Wildman–Crippen LogP) is 3.96. The third-order valence-electron chi connectivity index (χ3n) is 5.64. The van der Waals surface area contributed by atoms with E-state index in [1.807, 2.05) is 47.4 Å². The van der Waals surface area contributed by atoms with E-state index >= 15 is 0 Å². The Morgan fingerprint density at radius 2 is 1.73 bits per heavy atom. The van der Waals surface area contributed by atoms with E-state index in [0.717, 1.165) is 42.8 Å². The van der Waals surface area contributed by atoms with Gasteiger partial charge in [0.1, 0.15) is 0 Å². The van der Waals surface area contributed by atoms with Crippen LogP contribution >= 0.6 is 0 Å². The number of amides is 1. The topological polar surface area (TPSA) is 46.3 Å². The van der Waals surface area contributed by atoms with Gasteiger partial charge in [0, 0.05) is 24.7 Å². The molecule has 4 heteroatoms. The molecule has 26 heavy (non-hydrogen) atoms. The van der Waals surface area contributed by atoms with Crippen molar-refractivity contribution >= 4 is 5.91 Å². The van der Waals surface area contributed by atoms with Crippen LogP contribution in [0, 0.1) is 0 Å². The molecule has 0 spiro atoms. The molecule has 0 N–H and O–H groups in total. The number of carbonyl (C=O) groups excluding carboxylic acids is 1. The molecule has 1 fully saturated rings. The maximum absolute atomic E-state index is 13.3. The van der Waals surface area contributed by atoms with Gasteiger partial charge in [0.15, 0.2) is 5.76 Å². The highest BCUT2D eigenvalue weighted by molar-refractivity contribution is 5.91. The molecule has 5 rings (SSSR count). The summed E-state index contributed by atoms with van der Waals surface area (Å²) in [5.74, 6) is 0.920. The molecule has 0 unspecified atom stereocenters. The summed E-state index contributed by atoms with van der Waals surface area (Å²) in [7, 11) is 0. The van der Waals surface area contributed by atoms with Gasteiger partial charge in [0.25, 0.3) is 0 Å². The highest BCUT2D eigenvalue weighted by Crippen LogP contribution is 2.50. The Balaban J connectivity index is 1.40. The van der Waals surface area contributed by atoms with E-state index in [0.29, 0.717) is 6.54 Å². The van der Waals surface area contributed by atoms with Crippen molar-refractivity contribution < 1.29 is 9.32 Å². The fourth-order valence-electron chi connectivity index (χ4n) is 3.92. The minimum Gasteiger partial charge on any atom is -0.356 e. The molecule has 3 aromatic rings. The van der Waals surface area contributed by atoms with Crippen molar-refractivity contribution in [1.29, 1.82) is 0 Å². The summed E-state index contributed by atoms with van der Waals surface area (Å²) < 4.78 is 5.55. The van der Waals surface area contributed by atoms with Crippen LogP contribution < -0.4 is 0 Å². The smallest absolute Gasteiger partial charge is 0.235 e. The summed E-state index contributed by atoms with van der Waals surface area (Å²) in [6.45, 7) is 1.47. The summed E-state index contributed by atoms with van der Waals surface area (Å²) in [4.78, 5) is 15.3. The van der Waals surface area contributed by atoms with Crippen molar-refractivity contribution in [3.05, 3.63) is 77.5 Å². The summed E-state index contributed by atoms with van der Waals surface area (Å²) in [5.41, 5.74) is 3.90. The van der Waals surface area contributed by atoms with Crippen molar-refractivity contribution in [2.45, 2.75) is 31.2 Å². The first kappa shape index (κ1) is 15.4. The SMILES string of the molecule is O=C(N1CCc2ccccc2C1)C1(c2cc(-c3ccccc3)on2)CC1. The molecule has 1 aliphatic carbocycles. The van der Waals surface area contributed by atoms with Gasteiger partial charge in [-0.05, 0) is 30.4 Å². The van der Waals surface area contributed by atoms with Gasteiger partial charge in [0.05, 0.1) is 11.1 Å². The lowest BCUT2D eigenvalue weighted by molar-refractivity contribution is -0.135. The van der Waals surface area contributed by atoms with Crippen molar-refractivity contribution in [2.75, 3.05) is 6.54 Å². The zero-order chi connectivity index (χ0) is 17.6. The molecule has 0 saturated heterocycles. The first-order valence-corrected chi connectivity index (χ1v) is 9.15. The van der Waals surface area contributed by atoms with Crippen LogP contribution in [0.15, 0.2) is 65.2 Å². The van der Waals surface area contributed by atoms with Crippen LogP contribution in [-0.2, 0) is 23.2 Å². The number of nitrogens with zero attached hydrogens (tertiary/aromatic N) is 2. The number of hydrogen-bond donors (Lipinski definition) is 0. The van der Waals surface area contributed by atoms with Gasteiger partial charge >= 0.3 is 0 Å². The average Bonchev–Trinajstić information content (AvgIpc) is 3.37. The van der Waals surface area contributed by atoms with E-state index in [1.165, 1.54) is 11.1 Å². The highest BCUT2D eigenvalue weighted by atomic mass is 16.5. The molecule has 0 bridgehead atoms. The Bertz CT molecular complexity index is 957. The van der Waals surface area contributed by atoms with Crippen LogP contribution in [0.5, 0.6) is 0 Å². The third-order valence-corrected chi connectivity index (χ3v) is 5.64. The van der Waals surface area contributed by atoms with E-state index in [1.54, 1.807) is 0 Å². The van der Waals surface area contributed by atoms with E-state index < -0.39 is 5.41 Å². The number of aromatic nitrogens is 1. The van der Waals surface area contributed by atoms with Gasteiger partial charge in [-0.3, -0.25) is 4.79 Å². The molecule has 2 aromatic carbocycles. The molecule has 2 heterocycles. The minimum absolute atomic E-state index is 0.194. The summed E-state index contributed by atoms with van der Waals surface area (Å²) in [6.07, 6.45) is 2.63. The lowest BCUT2D eigenvalue weighted by Gasteiger charge is -2.31. The molecule has 4 nitrogen and oxygen atoms in total. The lowest BCUT2D eigenvalue weighted by atomic mass is 9.95. The molecular weight excluding hydrogens is 324 g/mol. The van der Waals surface area contributed by atoms with Crippen molar-refractivity contribution in [3.63, 3.8) is 0 Å². The number of carbonyl (C=O) groups is 1. The van der Waals surface area contributed by atoms with E-state index in [2.05, 4.69) is 23.4 Å². The Morgan fingerprint density at radius 1 is 1.00 bits per heavy atom. The van der Waals surface area contributed by atoms with Gasteiger partial charge in [-0.25, -0.2) is 0 Å². The lowest BCUT2D eigenvalue weighted by Crippen LogP contribution is -2.42. The van der Waals surface area contributed by atoms with E-state index in [4.69, 9.17) is 4.52 Å². The maximum Gasteiger partial charge on any atom is 0.235 e. The minimum atomic E-state index is -0.483. The fourth-order valence-corrected chi connectivity index (χ4v) is 3.92. The van der Waals surface area contributed by atoms with Crippen LogP contribution in [0.1, 0.15) is 29.7 Å². The second-order valence-electron chi connectivity index (χ2n) is 7.27. The van der Waals surface area contributed by atoms with Crippen LogP contribution in [0.25, 0.3) is 11.3 Å². The van der Waals surface area contributed by atoms with Gasteiger partial charge in [-0.1, -0.05) is 59.8 Å². The molecule has 1 amide bonds.